The zero-order valence-electron chi connectivity index (χ0n) is 17.5. The molecule has 0 aliphatic carbocycles. The van der Waals surface area contributed by atoms with E-state index in [1.807, 2.05) is 35.2 Å². The number of aromatic nitrogens is 2. The number of hydrogen-bond donors (Lipinski definition) is 1. The number of piperazine rings is 1. The summed E-state index contributed by atoms with van der Waals surface area (Å²) in [5.41, 5.74) is 2.44. The minimum atomic E-state index is -1.41. The molecule has 1 saturated heterocycles. The molecule has 3 heterocycles. The van der Waals surface area contributed by atoms with Crippen LogP contribution >= 0.6 is 0 Å². The maximum Gasteiger partial charge on any atom is 0.263 e. The Morgan fingerprint density at radius 2 is 2.12 bits per heavy atom. The van der Waals surface area contributed by atoms with Crippen molar-refractivity contribution in [3.63, 3.8) is 0 Å². The lowest BCUT2D eigenvalue weighted by molar-refractivity contribution is -0.140. The van der Waals surface area contributed by atoms with Crippen LogP contribution in [0.4, 0.5) is 15.9 Å². The van der Waals surface area contributed by atoms with E-state index in [0.29, 0.717) is 30.4 Å². The molecule has 1 N–H and O–H groups in total. The number of ether oxygens (including phenoxy) is 1. The summed E-state index contributed by atoms with van der Waals surface area (Å²) in [4.78, 5) is 15.2. The summed E-state index contributed by atoms with van der Waals surface area (Å²) in [5.74, 6) is 3.39. The zero-order valence-corrected chi connectivity index (χ0v) is 17.5. The molecule has 9 nitrogen and oxygen atoms in total. The van der Waals surface area contributed by atoms with Crippen molar-refractivity contribution in [1.29, 1.82) is 0 Å². The van der Waals surface area contributed by atoms with Crippen LogP contribution in [0.2, 0.25) is 0 Å². The van der Waals surface area contributed by atoms with Crippen molar-refractivity contribution in [2.75, 3.05) is 36.5 Å². The number of anilines is 2. The van der Waals surface area contributed by atoms with Crippen LogP contribution in [0.15, 0.2) is 51.7 Å². The van der Waals surface area contributed by atoms with Gasteiger partial charge in [0, 0.05) is 43.4 Å². The summed E-state index contributed by atoms with van der Waals surface area (Å²) in [6, 6.07) is 11.2. The first-order chi connectivity index (χ1) is 15.6. The van der Waals surface area contributed by atoms with E-state index in [-0.39, 0.29) is 19.7 Å². The first kappa shape index (κ1) is 21.2. The monoisotopic (exact) mass is 439 g/mol. The topological polar surface area (TPSA) is 96.9 Å². The number of rotatable bonds is 7. The molecule has 32 heavy (non-hydrogen) atoms. The van der Waals surface area contributed by atoms with E-state index in [4.69, 9.17) is 13.8 Å². The van der Waals surface area contributed by atoms with E-state index < -0.39 is 12.2 Å². The minimum Gasteiger partial charge on any atom is -0.436 e. The molecule has 1 unspecified atom stereocenters. The van der Waals surface area contributed by atoms with Gasteiger partial charge in [0.25, 0.3) is 5.91 Å². The van der Waals surface area contributed by atoms with Crippen LogP contribution in [0, 0.1) is 12.0 Å². The number of hydrogen-bond acceptors (Lipinski definition) is 8. The van der Waals surface area contributed by atoms with Crippen LogP contribution in [-0.2, 0) is 16.1 Å². The molecule has 0 bridgehead atoms. The Labute approximate surface area is 184 Å². The molecule has 1 atom stereocenters. The highest BCUT2D eigenvalue weighted by Crippen LogP contribution is 2.25. The average Bonchev–Trinajstić information content (AvgIpc) is 3.50. The molecule has 0 spiro atoms. The van der Waals surface area contributed by atoms with Gasteiger partial charge in [-0.25, -0.2) is 4.39 Å². The van der Waals surface area contributed by atoms with Crippen LogP contribution in [0.1, 0.15) is 12.7 Å². The van der Waals surface area contributed by atoms with Gasteiger partial charge in [-0.3, -0.25) is 4.79 Å². The predicted molar refractivity (Wildman–Crippen MR) is 114 cm³/mol. The van der Waals surface area contributed by atoms with Gasteiger partial charge in [-0.1, -0.05) is 28.4 Å². The second-order valence-corrected chi connectivity index (χ2v) is 7.07. The van der Waals surface area contributed by atoms with Crippen LogP contribution in [-0.4, -0.2) is 53.7 Å². The SMILES string of the molecule is CC#COCC(=O)N1CCN(c2ccc(-c3cc(CNc4ccon4)on3)cc2)CC1F. The van der Waals surface area contributed by atoms with Crippen molar-refractivity contribution >= 4 is 17.4 Å². The first-order valence-corrected chi connectivity index (χ1v) is 10.1. The number of halogens is 1. The molecule has 0 saturated carbocycles. The molecule has 3 aromatic rings. The van der Waals surface area contributed by atoms with Crippen LogP contribution in [0.25, 0.3) is 11.3 Å². The molecule has 1 aliphatic rings. The smallest absolute Gasteiger partial charge is 0.263 e. The summed E-state index contributed by atoms with van der Waals surface area (Å²) in [5, 5.41) is 10.9. The number of nitrogens with zero attached hydrogens (tertiary/aromatic N) is 4. The van der Waals surface area contributed by atoms with Gasteiger partial charge in [0.15, 0.2) is 24.5 Å². The Morgan fingerprint density at radius 1 is 1.28 bits per heavy atom. The lowest BCUT2D eigenvalue weighted by atomic mass is 10.1. The maximum absolute atomic E-state index is 14.6. The lowest BCUT2D eigenvalue weighted by Gasteiger charge is -2.38. The molecule has 1 aromatic carbocycles. The van der Waals surface area contributed by atoms with E-state index in [0.717, 1.165) is 11.3 Å². The molecule has 1 fully saturated rings. The highest BCUT2D eigenvalue weighted by molar-refractivity contribution is 5.78. The minimum absolute atomic E-state index is 0.0897. The highest BCUT2D eigenvalue weighted by Gasteiger charge is 2.30. The second kappa shape index (κ2) is 9.87. The van der Waals surface area contributed by atoms with Gasteiger partial charge in [-0.2, -0.15) is 0 Å². The fourth-order valence-electron chi connectivity index (χ4n) is 3.37. The number of amides is 1. The molecule has 1 aliphatic heterocycles. The zero-order chi connectivity index (χ0) is 22.3. The quantitative estimate of drug-likeness (QED) is 0.443. The van der Waals surface area contributed by atoms with E-state index in [1.165, 1.54) is 11.2 Å². The van der Waals surface area contributed by atoms with E-state index >= 15 is 0 Å². The van der Waals surface area contributed by atoms with E-state index in [2.05, 4.69) is 27.7 Å². The van der Waals surface area contributed by atoms with Crippen molar-refractivity contribution in [1.82, 2.24) is 15.2 Å². The Kier molecular flexibility index (Phi) is 6.55. The number of nitrogens with one attached hydrogen (secondary N) is 1. The molecule has 10 heteroatoms. The summed E-state index contributed by atoms with van der Waals surface area (Å²) in [6.45, 7) is 2.67. The van der Waals surface area contributed by atoms with E-state index in [9.17, 15) is 9.18 Å². The van der Waals surface area contributed by atoms with Crippen molar-refractivity contribution < 1.29 is 23.0 Å². The fraction of sp³-hybridized carbons (Fsp3) is 0.318. The maximum atomic E-state index is 14.6. The van der Waals surface area contributed by atoms with Crippen molar-refractivity contribution in [2.45, 2.75) is 19.8 Å². The third kappa shape index (κ3) is 5.00. The van der Waals surface area contributed by atoms with Gasteiger partial charge in [0.1, 0.15) is 18.1 Å². The third-order valence-corrected chi connectivity index (χ3v) is 4.98. The molecular formula is C22H22FN5O4. The summed E-state index contributed by atoms with van der Waals surface area (Å²) >= 11 is 0. The van der Waals surface area contributed by atoms with Gasteiger partial charge in [-0.15, -0.1) is 0 Å². The molecule has 0 radical (unpaired) electrons. The van der Waals surface area contributed by atoms with Crippen molar-refractivity contribution in [3.8, 4) is 23.3 Å². The fourth-order valence-corrected chi connectivity index (χ4v) is 3.37. The molecule has 1 amide bonds. The molecule has 2 aromatic heterocycles. The number of carbonyl (C=O) groups is 1. The standard InChI is InChI=1S/C22H22FN5O4/c1-2-10-30-15-22(29)28-9-8-27(14-20(28)23)17-5-3-16(4-6-17)19-12-18(32-25-19)13-24-21-7-11-31-26-21/h3-7,11-12,20H,8-9,13-15H2,1H3,(H,24,26). The first-order valence-electron chi connectivity index (χ1n) is 10.1. The van der Waals surface area contributed by atoms with E-state index in [1.54, 1.807) is 13.0 Å². The van der Waals surface area contributed by atoms with Crippen molar-refractivity contribution in [3.05, 3.63) is 48.4 Å². The van der Waals surface area contributed by atoms with Gasteiger partial charge >= 0.3 is 0 Å². The summed E-state index contributed by atoms with van der Waals surface area (Å²) in [6.07, 6.45) is 2.42. The normalized spacial score (nSPS) is 15.8. The lowest BCUT2D eigenvalue weighted by Crippen LogP contribution is -2.54. The van der Waals surface area contributed by atoms with Gasteiger partial charge in [-0.05, 0) is 12.1 Å². The van der Waals surface area contributed by atoms with Crippen LogP contribution in [0.5, 0.6) is 0 Å². The van der Waals surface area contributed by atoms with Crippen LogP contribution in [0.3, 0.4) is 0 Å². The molecule has 166 valence electrons. The summed E-state index contributed by atoms with van der Waals surface area (Å²) < 4.78 is 29.6. The van der Waals surface area contributed by atoms with Gasteiger partial charge < -0.3 is 28.9 Å². The average molecular weight is 439 g/mol. The van der Waals surface area contributed by atoms with Crippen molar-refractivity contribution in [2.24, 2.45) is 0 Å². The summed E-state index contributed by atoms with van der Waals surface area (Å²) in [7, 11) is 0. The molecule has 4 rings (SSSR count). The Morgan fingerprint density at radius 3 is 2.84 bits per heavy atom. The Balaban J connectivity index is 1.33. The highest BCUT2D eigenvalue weighted by atomic mass is 19.1. The predicted octanol–water partition coefficient (Wildman–Crippen LogP) is 2.88. The Hall–Kier alpha value is -4.00. The number of carbonyl (C=O) groups excluding carboxylic acids is 1. The molecular weight excluding hydrogens is 417 g/mol. The largest absolute Gasteiger partial charge is 0.436 e. The third-order valence-electron chi connectivity index (χ3n) is 4.98. The van der Waals surface area contributed by atoms with Crippen LogP contribution < -0.4 is 10.2 Å². The second-order valence-electron chi connectivity index (χ2n) is 7.07. The number of alkyl halides is 1. The van der Waals surface area contributed by atoms with Gasteiger partial charge in [0.05, 0.1) is 13.1 Å². The van der Waals surface area contributed by atoms with Gasteiger partial charge in [0.2, 0.25) is 0 Å². The Bertz CT molecular complexity index is 1090. The number of benzene rings is 1.